The van der Waals surface area contributed by atoms with E-state index in [1.54, 1.807) is 0 Å². The molecule has 0 saturated heterocycles. The minimum Gasteiger partial charge on any atom is -0.454 e. The number of para-hydroxylation sites is 4. The first-order chi connectivity index (χ1) is 47.2. The van der Waals surface area contributed by atoms with E-state index >= 15 is 0 Å². The summed E-state index contributed by atoms with van der Waals surface area (Å²) >= 11 is 25.7. The van der Waals surface area contributed by atoms with Crippen LogP contribution in [0.4, 0.5) is 22.7 Å². The van der Waals surface area contributed by atoms with Crippen LogP contribution in [-0.4, -0.2) is 9.13 Å². The lowest BCUT2D eigenvalue weighted by Gasteiger charge is -2.27. The van der Waals surface area contributed by atoms with Crippen molar-refractivity contribution < 1.29 is 8.83 Å². The summed E-state index contributed by atoms with van der Waals surface area (Å²) in [5, 5.41) is 11.8. The summed E-state index contributed by atoms with van der Waals surface area (Å²) in [5.41, 5.74) is 25.3. The topological polar surface area (TPSA) is 65.4 Å². The lowest BCUT2D eigenvalue weighted by Crippen LogP contribution is -2.11. The van der Waals surface area contributed by atoms with Crippen molar-refractivity contribution in [3.05, 3.63) is 297 Å². The number of anilines is 4. The molecule has 0 saturated carbocycles. The molecule has 0 atom stereocenters. The van der Waals surface area contributed by atoms with Crippen molar-refractivity contribution in [2.24, 2.45) is 0 Å². The Labute approximate surface area is 600 Å². The summed E-state index contributed by atoms with van der Waals surface area (Å²) in [6.07, 6.45) is 0. The van der Waals surface area contributed by atoms with Gasteiger partial charge in [0.05, 0.1) is 42.8 Å². The Bertz CT molecular complexity index is 6080. The number of rotatable bonds is 5. The third-order valence-electron chi connectivity index (χ3n) is 18.0. The molecule has 18 aromatic rings. The summed E-state index contributed by atoms with van der Waals surface area (Å²) in [5.74, 6) is 0. The van der Waals surface area contributed by atoms with Crippen LogP contribution in [0.2, 0.25) is 15.1 Å². The monoisotopic (exact) mass is 1440 g/mol. The zero-order valence-corrected chi connectivity index (χ0v) is 60.8. The summed E-state index contributed by atoms with van der Waals surface area (Å²) in [6, 6.07) is 88.5. The van der Waals surface area contributed by atoms with E-state index in [1.165, 1.54) is 79.1 Å². The number of halogens is 4. The molecule has 0 aliphatic rings. The van der Waals surface area contributed by atoms with Crippen LogP contribution in [0.3, 0.4) is 0 Å². The number of benzene rings is 12. The third kappa shape index (κ3) is 12.2. The van der Waals surface area contributed by atoms with Crippen molar-refractivity contribution >= 4 is 202 Å². The van der Waals surface area contributed by atoms with Crippen LogP contribution in [0.5, 0.6) is 0 Å². The number of fused-ring (bicyclic) bond motifs is 16. The van der Waals surface area contributed by atoms with E-state index in [4.69, 9.17) is 49.4 Å². The van der Waals surface area contributed by atoms with E-state index in [1.807, 2.05) is 126 Å². The van der Waals surface area contributed by atoms with Crippen LogP contribution in [-0.2, 0) is 10.8 Å². The molecular formula is C86H68BrCl3N4O2S2. The van der Waals surface area contributed by atoms with Gasteiger partial charge in [0.1, 0.15) is 11.2 Å². The zero-order chi connectivity index (χ0) is 67.9. The second-order valence-corrected chi connectivity index (χ2v) is 31.4. The molecule has 0 fully saturated rings. The standard InChI is InChI=1S/C43H33ClN2OS.C25H22ClNS.C12H9NO.C6H4BrCl/c1-26-21-30(45(29-12-9-11-28(44)24-29)37-16-10-15-33-32-13-5-7-17-38(32)47-41(33)37)25-31(22-26)46-36-20-19-27(43(2,3)4)23-35(36)42-40(46)34-14-6-8-18-39(34)48-42;1-15-11-17(26)14-18(12-15)27-21-10-9-16(25(2,3)4)13-20(21)24-23(27)19-7-5-6-8-22(19)28-24;13-10-6-3-5-9-8-4-1-2-7-11(8)14-12(9)10;7-5-2-1-3-6(8)4-5/h5-25H,1-4H3;5-14H,1-4H3;1-7H,13H2;1-4H. The maximum absolute atomic E-state index is 6.66. The molecule has 0 aliphatic heterocycles. The molecule has 6 nitrogen and oxygen atoms in total. The average molecular weight is 1440 g/mol. The number of nitrogen functional groups attached to an aromatic ring is 1. The Morgan fingerprint density at radius 2 is 0.867 bits per heavy atom. The van der Waals surface area contributed by atoms with E-state index in [0.717, 1.165) is 92.4 Å². The van der Waals surface area contributed by atoms with Gasteiger partial charge in [0.15, 0.2) is 11.2 Å². The summed E-state index contributed by atoms with van der Waals surface area (Å²) in [7, 11) is 0. The molecule has 12 aromatic carbocycles. The van der Waals surface area contributed by atoms with Crippen LogP contribution < -0.4 is 10.6 Å². The number of nitrogens with zero attached hydrogens (tertiary/aromatic N) is 3. The van der Waals surface area contributed by atoms with Gasteiger partial charge in [-0.25, -0.2) is 0 Å². The van der Waals surface area contributed by atoms with Crippen LogP contribution in [0.15, 0.2) is 268 Å². The predicted molar refractivity (Wildman–Crippen MR) is 428 cm³/mol. The van der Waals surface area contributed by atoms with Gasteiger partial charge in [-0.2, -0.15) is 0 Å². The quantitative estimate of drug-likeness (QED) is 0.174. The Kier molecular flexibility index (Phi) is 17.1. The maximum atomic E-state index is 6.66. The van der Waals surface area contributed by atoms with Gasteiger partial charge in [-0.05, 0) is 180 Å². The maximum Gasteiger partial charge on any atom is 0.159 e. The van der Waals surface area contributed by atoms with Gasteiger partial charge < -0.3 is 28.6 Å². The molecule has 6 aromatic heterocycles. The number of aromatic nitrogens is 2. The highest BCUT2D eigenvalue weighted by atomic mass is 79.9. The van der Waals surface area contributed by atoms with Crippen molar-refractivity contribution in [2.75, 3.05) is 10.6 Å². The number of hydrogen-bond donors (Lipinski definition) is 1. The van der Waals surface area contributed by atoms with E-state index in [9.17, 15) is 0 Å². The summed E-state index contributed by atoms with van der Waals surface area (Å²) in [4.78, 5) is 2.28. The minimum absolute atomic E-state index is 0.0466. The smallest absolute Gasteiger partial charge is 0.159 e. The normalized spacial score (nSPS) is 11.9. The average Bonchev–Trinajstić information content (AvgIpc) is 1.56. The fourth-order valence-corrected chi connectivity index (χ4v) is 17.1. The highest BCUT2D eigenvalue weighted by molar-refractivity contribution is 9.10. The van der Waals surface area contributed by atoms with Gasteiger partial charge in [0.25, 0.3) is 0 Å². The molecule has 0 spiro atoms. The summed E-state index contributed by atoms with van der Waals surface area (Å²) in [6.45, 7) is 17.9. The van der Waals surface area contributed by atoms with Gasteiger partial charge in [-0.15, -0.1) is 22.7 Å². The first kappa shape index (κ1) is 64.7. The molecular weight excluding hydrogens is 1370 g/mol. The van der Waals surface area contributed by atoms with Crippen molar-refractivity contribution in [3.63, 3.8) is 0 Å². The van der Waals surface area contributed by atoms with Crippen molar-refractivity contribution in [3.8, 4) is 11.4 Å². The molecule has 0 aliphatic carbocycles. The van der Waals surface area contributed by atoms with Gasteiger partial charge >= 0.3 is 0 Å². The van der Waals surface area contributed by atoms with Crippen molar-refractivity contribution in [1.29, 1.82) is 0 Å². The molecule has 12 heteroatoms. The summed E-state index contributed by atoms with van der Waals surface area (Å²) < 4.78 is 23.4. The second-order valence-electron chi connectivity index (χ2n) is 27.0. The first-order valence-electron chi connectivity index (χ1n) is 32.6. The third-order valence-corrected chi connectivity index (χ3v) is 21.6. The number of aryl methyl sites for hydroxylation is 2. The van der Waals surface area contributed by atoms with E-state index < -0.39 is 0 Å². The number of nitrogens with two attached hydrogens (primary N) is 1. The highest BCUT2D eigenvalue weighted by Crippen LogP contribution is 2.48. The van der Waals surface area contributed by atoms with E-state index in [-0.39, 0.29) is 10.8 Å². The molecule has 0 amide bonds. The molecule has 0 radical (unpaired) electrons. The SMILES string of the molecule is Cc1cc(Cl)cc(-n2c3ccc(C(C)(C)C)cc3c3sc4ccccc4c32)c1.Cc1cc(N(c2cccc(Cl)c2)c2cccc3c2oc2ccccc23)cc(-n2c3ccc(C(C)(C)C)cc3c3sc4ccccc4c32)c1.Clc1cccc(Br)c1.Nc1cccc2c1oc1ccccc12. The first-order valence-corrected chi connectivity index (χ1v) is 36.1. The van der Waals surface area contributed by atoms with E-state index in [2.05, 4.69) is 237 Å². The van der Waals surface area contributed by atoms with Crippen LogP contribution in [0, 0.1) is 13.8 Å². The lowest BCUT2D eigenvalue weighted by atomic mass is 9.86. The predicted octanol–water partition coefficient (Wildman–Crippen LogP) is 28.2. The Hall–Kier alpha value is -9.29. The van der Waals surface area contributed by atoms with Crippen molar-refractivity contribution in [2.45, 2.75) is 66.2 Å². The number of thiophene rings is 2. The molecule has 18 rings (SSSR count). The zero-order valence-electron chi connectivity index (χ0n) is 55.3. The van der Waals surface area contributed by atoms with Gasteiger partial charge in [0.2, 0.25) is 0 Å². The number of furan rings is 2. The van der Waals surface area contributed by atoms with Crippen LogP contribution in [0.1, 0.15) is 63.8 Å². The molecule has 484 valence electrons. The van der Waals surface area contributed by atoms with Gasteiger partial charge in [0, 0.05) is 94.8 Å². The molecule has 0 bridgehead atoms. The number of hydrogen-bond acceptors (Lipinski definition) is 6. The van der Waals surface area contributed by atoms with Crippen LogP contribution >= 0.6 is 73.4 Å². The van der Waals surface area contributed by atoms with E-state index in [0.29, 0.717) is 10.7 Å². The minimum atomic E-state index is 0.0466. The largest absolute Gasteiger partial charge is 0.454 e. The Morgan fingerprint density at radius 3 is 1.40 bits per heavy atom. The molecule has 0 unspecified atom stereocenters. The Morgan fingerprint density at radius 1 is 0.398 bits per heavy atom. The lowest BCUT2D eigenvalue weighted by molar-refractivity contribution is 0.591. The Balaban J connectivity index is 0.000000130. The molecule has 2 N–H and O–H groups in total. The molecule has 98 heavy (non-hydrogen) atoms. The van der Waals surface area contributed by atoms with Gasteiger partial charge in [-0.3, -0.25) is 0 Å². The van der Waals surface area contributed by atoms with Crippen molar-refractivity contribution in [1.82, 2.24) is 9.13 Å². The van der Waals surface area contributed by atoms with Gasteiger partial charge in [-0.1, -0.05) is 214 Å². The fourth-order valence-electron chi connectivity index (χ4n) is 13.4. The fraction of sp³-hybridized carbons (Fsp3) is 0.116. The highest BCUT2D eigenvalue weighted by Gasteiger charge is 2.26. The van der Waals surface area contributed by atoms with Crippen LogP contribution in [0.25, 0.3) is 118 Å². The molecule has 6 heterocycles. The second kappa shape index (κ2) is 25.9.